The molecule has 5 nitrogen and oxygen atoms in total. The van der Waals surface area contributed by atoms with Crippen LogP contribution >= 0.6 is 0 Å². The third kappa shape index (κ3) is 5.75. The molecule has 0 saturated carbocycles. The number of nitrogens with two attached hydrogens (primary N) is 1. The van der Waals surface area contributed by atoms with Crippen molar-refractivity contribution in [3.63, 3.8) is 0 Å². The minimum atomic E-state index is -0.576. The summed E-state index contributed by atoms with van der Waals surface area (Å²) in [5.41, 5.74) is 10.6. The zero-order valence-corrected chi connectivity index (χ0v) is 18.1. The summed E-state index contributed by atoms with van der Waals surface area (Å²) < 4.78 is 5.82. The van der Waals surface area contributed by atoms with Crippen molar-refractivity contribution in [2.45, 2.75) is 50.5 Å². The van der Waals surface area contributed by atoms with Crippen LogP contribution in [-0.2, 0) is 24.2 Å². The van der Waals surface area contributed by atoms with Crippen LogP contribution in [0.4, 0.5) is 0 Å². The van der Waals surface area contributed by atoms with Crippen molar-refractivity contribution in [2.24, 2.45) is 5.73 Å². The Hall–Kier alpha value is -3.15. The Morgan fingerprint density at radius 2 is 1.72 bits per heavy atom. The molecule has 32 heavy (non-hydrogen) atoms. The van der Waals surface area contributed by atoms with Gasteiger partial charge in [0.2, 0.25) is 5.91 Å². The molecule has 1 aliphatic carbocycles. The maximum Gasteiger partial charge on any atom is 0.220 e. The number of nitrogens with one attached hydrogen (secondary N) is 1. The monoisotopic (exact) mass is 430 g/mol. The van der Waals surface area contributed by atoms with Crippen LogP contribution in [0.25, 0.3) is 0 Å². The average Bonchev–Trinajstić information content (AvgIpc) is 3.13. The van der Waals surface area contributed by atoms with E-state index in [4.69, 9.17) is 10.5 Å². The summed E-state index contributed by atoms with van der Waals surface area (Å²) in [5, 5.41) is 13.3. The van der Waals surface area contributed by atoms with Crippen molar-refractivity contribution in [3.8, 4) is 5.75 Å². The summed E-state index contributed by atoms with van der Waals surface area (Å²) in [6.45, 7) is 0.537. The summed E-state index contributed by atoms with van der Waals surface area (Å²) in [4.78, 5) is 12.5. The number of carbonyl (C=O) groups is 1. The Morgan fingerprint density at radius 1 is 1.00 bits per heavy atom. The molecule has 0 heterocycles. The third-order valence-corrected chi connectivity index (χ3v) is 5.93. The van der Waals surface area contributed by atoms with Crippen LogP contribution in [0.15, 0.2) is 78.9 Å². The molecule has 1 amide bonds. The van der Waals surface area contributed by atoms with E-state index in [1.807, 2.05) is 78.9 Å². The Bertz CT molecular complexity index is 1020. The van der Waals surface area contributed by atoms with Crippen LogP contribution in [0.2, 0.25) is 0 Å². The van der Waals surface area contributed by atoms with E-state index in [1.165, 1.54) is 0 Å². The van der Waals surface area contributed by atoms with Gasteiger partial charge in [0.15, 0.2) is 0 Å². The fourth-order valence-electron chi connectivity index (χ4n) is 4.18. The first-order valence-electron chi connectivity index (χ1n) is 11.1. The van der Waals surface area contributed by atoms with E-state index in [1.54, 1.807) is 0 Å². The molecule has 0 fully saturated rings. The standard InChI is InChI=1S/C27H30N2O3/c28-22(12-15-26(31)29-27-24-9-5-4-8-21(24)17-25(27)30)16-19-10-13-23(14-11-19)32-18-20-6-2-1-3-7-20/h1-11,13-14,22,25,27,30H,12,15-18,28H2,(H,29,31)/t22-,25+,27-/m1/s1. The quantitative estimate of drug-likeness (QED) is 0.483. The predicted molar refractivity (Wildman–Crippen MR) is 125 cm³/mol. The summed E-state index contributed by atoms with van der Waals surface area (Å²) in [7, 11) is 0. The highest BCUT2D eigenvalue weighted by Crippen LogP contribution is 2.31. The molecular formula is C27H30N2O3. The van der Waals surface area contributed by atoms with Gasteiger partial charge in [0.25, 0.3) is 0 Å². The van der Waals surface area contributed by atoms with Gasteiger partial charge in [-0.3, -0.25) is 4.79 Å². The molecule has 0 bridgehead atoms. The van der Waals surface area contributed by atoms with Crippen molar-refractivity contribution in [2.75, 3.05) is 0 Å². The van der Waals surface area contributed by atoms with E-state index in [0.717, 1.165) is 28.0 Å². The molecule has 0 spiro atoms. The van der Waals surface area contributed by atoms with Crippen LogP contribution in [0.1, 0.15) is 41.1 Å². The van der Waals surface area contributed by atoms with Gasteiger partial charge in [-0.1, -0.05) is 66.7 Å². The van der Waals surface area contributed by atoms with E-state index >= 15 is 0 Å². The van der Waals surface area contributed by atoms with Crippen molar-refractivity contribution in [3.05, 3.63) is 101 Å². The van der Waals surface area contributed by atoms with Gasteiger partial charge in [0, 0.05) is 18.9 Å². The number of aliphatic hydroxyl groups excluding tert-OH is 1. The van der Waals surface area contributed by atoms with Crippen LogP contribution in [0.5, 0.6) is 5.75 Å². The number of rotatable bonds is 9. The first-order valence-corrected chi connectivity index (χ1v) is 11.1. The minimum absolute atomic E-state index is 0.0779. The van der Waals surface area contributed by atoms with E-state index in [2.05, 4.69) is 5.32 Å². The smallest absolute Gasteiger partial charge is 0.220 e. The Morgan fingerprint density at radius 3 is 2.50 bits per heavy atom. The Balaban J connectivity index is 1.21. The van der Waals surface area contributed by atoms with Crippen molar-refractivity contribution in [1.82, 2.24) is 5.32 Å². The lowest BCUT2D eigenvalue weighted by atomic mass is 10.0. The highest BCUT2D eigenvalue weighted by atomic mass is 16.5. The van der Waals surface area contributed by atoms with E-state index < -0.39 is 6.10 Å². The van der Waals surface area contributed by atoms with Gasteiger partial charge in [0.05, 0.1) is 12.1 Å². The fraction of sp³-hybridized carbons (Fsp3) is 0.296. The topological polar surface area (TPSA) is 84.6 Å². The number of hydrogen-bond donors (Lipinski definition) is 3. The lowest BCUT2D eigenvalue weighted by Gasteiger charge is -2.19. The van der Waals surface area contributed by atoms with Gasteiger partial charge >= 0.3 is 0 Å². The average molecular weight is 431 g/mol. The first-order chi connectivity index (χ1) is 15.6. The molecule has 0 aromatic heterocycles. The Kier molecular flexibility index (Phi) is 7.20. The van der Waals surface area contributed by atoms with E-state index in [9.17, 15) is 9.90 Å². The van der Waals surface area contributed by atoms with Gasteiger partial charge < -0.3 is 20.9 Å². The van der Waals surface area contributed by atoms with Crippen molar-refractivity contribution < 1.29 is 14.6 Å². The molecule has 0 radical (unpaired) electrons. The predicted octanol–water partition coefficient (Wildman–Crippen LogP) is 3.69. The van der Waals surface area contributed by atoms with Gasteiger partial charge in [0.1, 0.15) is 12.4 Å². The Labute approximate surface area is 189 Å². The number of hydrogen-bond acceptors (Lipinski definition) is 4. The second-order valence-corrected chi connectivity index (χ2v) is 8.44. The maximum atomic E-state index is 12.5. The second kappa shape index (κ2) is 10.4. The number of ether oxygens (including phenoxy) is 1. The first kappa shape index (κ1) is 22.1. The second-order valence-electron chi connectivity index (χ2n) is 8.44. The molecule has 4 N–H and O–H groups in total. The van der Waals surface area contributed by atoms with Gasteiger partial charge in [-0.2, -0.15) is 0 Å². The maximum absolute atomic E-state index is 12.5. The molecule has 1 aliphatic rings. The largest absolute Gasteiger partial charge is 0.489 e. The summed E-state index contributed by atoms with van der Waals surface area (Å²) in [5.74, 6) is 0.742. The molecular weight excluding hydrogens is 400 g/mol. The lowest BCUT2D eigenvalue weighted by molar-refractivity contribution is -0.122. The number of amides is 1. The van der Waals surface area contributed by atoms with Crippen LogP contribution in [-0.4, -0.2) is 23.2 Å². The highest BCUT2D eigenvalue weighted by Gasteiger charge is 2.31. The zero-order chi connectivity index (χ0) is 22.3. The normalized spacial score (nSPS) is 18.1. The number of benzene rings is 3. The summed E-state index contributed by atoms with van der Waals surface area (Å²) in [6.07, 6.45) is 1.62. The van der Waals surface area contributed by atoms with Crippen LogP contribution < -0.4 is 15.8 Å². The lowest BCUT2D eigenvalue weighted by Crippen LogP contribution is -2.35. The van der Waals surface area contributed by atoms with E-state index in [0.29, 0.717) is 32.3 Å². The molecule has 3 aromatic carbocycles. The van der Waals surface area contributed by atoms with Gasteiger partial charge in [-0.25, -0.2) is 0 Å². The molecule has 3 aromatic rings. The van der Waals surface area contributed by atoms with Crippen LogP contribution in [0.3, 0.4) is 0 Å². The molecule has 0 saturated heterocycles. The molecule has 166 valence electrons. The zero-order valence-electron chi connectivity index (χ0n) is 18.1. The number of fused-ring (bicyclic) bond motifs is 1. The van der Waals surface area contributed by atoms with E-state index in [-0.39, 0.29) is 18.0 Å². The minimum Gasteiger partial charge on any atom is -0.489 e. The fourth-order valence-corrected chi connectivity index (χ4v) is 4.18. The molecule has 0 unspecified atom stereocenters. The van der Waals surface area contributed by atoms with Crippen LogP contribution in [0, 0.1) is 0 Å². The highest BCUT2D eigenvalue weighted by molar-refractivity contribution is 5.76. The molecule has 3 atom stereocenters. The summed E-state index contributed by atoms with van der Waals surface area (Å²) >= 11 is 0. The van der Waals surface area contributed by atoms with Crippen molar-refractivity contribution >= 4 is 5.91 Å². The van der Waals surface area contributed by atoms with Crippen molar-refractivity contribution in [1.29, 1.82) is 0 Å². The molecule has 4 rings (SSSR count). The number of carbonyl (C=O) groups excluding carboxylic acids is 1. The summed E-state index contributed by atoms with van der Waals surface area (Å²) in [6, 6.07) is 25.4. The molecule has 5 heteroatoms. The van der Waals surface area contributed by atoms with Gasteiger partial charge in [-0.15, -0.1) is 0 Å². The number of aliphatic hydroxyl groups is 1. The van der Waals surface area contributed by atoms with Gasteiger partial charge in [-0.05, 0) is 47.2 Å². The molecule has 0 aliphatic heterocycles. The SMILES string of the molecule is N[C@H](CCC(=O)N[C@@H]1c2ccccc2C[C@@H]1O)Cc1ccc(OCc2ccccc2)cc1. The third-order valence-electron chi connectivity index (χ3n) is 5.93.